The number of benzene rings is 3. The molecule has 7 heteroatoms. The van der Waals surface area contributed by atoms with E-state index in [1.165, 1.54) is 6.07 Å². The monoisotopic (exact) mass is 398 g/mol. The molecule has 0 aliphatic carbocycles. The Labute approximate surface area is 164 Å². The van der Waals surface area contributed by atoms with Crippen LogP contribution in [0.5, 0.6) is 5.75 Å². The number of H-pyrrole nitrogens is 1. The third kappa shape index (κ3) is 4.03. The fourth-order valence-corrected chi connectivity index (χ4v) is 3.21. The first-order valence-electron chi connectivity index (χ1n) is 9.00. The van der Waals surface area contributed by atoms with E-state index in [9.17, 15) is 18.0 Å². The SMILES string of the molecule is O=c1[nH]c2cc(-c3cccc(C(F)(F)F)c3)ccc2n1CCOc1ccccc1. The molecule has 29 heavy (non-hydrogen) atoms. The van der Waals surface area contributed by atoms with Crippen LogP contribution >= 0.6 is 0 Å². The van der Waals surface area contributed by atoms with Gasteiger partial charge in [-0.05, 0) is 47.5 Å². The molecule has 0 unspecified atom stereocenters. The summed E-state index contributed by atoms with van der Waals surface area (Å²) in [7, 11) is 0. The number of aromatic nitrogens is 2. The molecule has 0 spiro atoms. The Morgan fingerprint density at radius 1 is 0.897 bits per heavy atom. The molecule has 1 heterocycles. The Kier molecular flexibility index (Phi) is 4.88. The highest BCUT2D eigenvalue weighted by Crippen LogP contribution is 2.32. The molecule has 0 saturated carbocycles. The minimum Gasteiger partial charge on any atom is -0.492 e. The molecule has 0 amide bonds. The summed E-state index contributed by atoms with van der Waals surface area (Å²) in [5.74, 6) is 0.715. The predicted octanol–water partition coefficient (Wildman–Crippen LogP) is 5.09. The quantitative estimate of drug-likeness (QED) is 0.509. The van der Waals surface area contributed by atoms with Gasteiger partial charge in [0.1, 0.15) is 12.4 Å². The van der Waals surface area contributed by atoms with Crippen molar-refractivity contribution < 1.29 is 17.9 Å². The van der Waals surface area contributed by atoms with E-state index in [1.54, 1.807) is 28.8 Å². The Bertz CT molecular complexity index is 1190. The predicted molar refractivity (Wildman–Crippen MR) is 105 cm³/mol. The van der Waals surface area contributed by atoms with Crippen LogP contribution in [0.1, 0.15) is 5.56 Å². The van der Waals surface area contributed by atoms with Gasteiger partial charge < -0.3 is 9.72 Å². The first kappa shape index (κ1) is 18.9. The van der Waals surface area contributed by atoms with Crippen LogP contribution in [0.4, 0.5) is 13.2 Å². The second-order valence-corrected chi connectivity index (χ2v) is 6.55. The number of alkyl halides is 3. The molecule has 1 N–H and O–H groups in total. The van der Waals surface area contributed by atoms with E-state index in [2.05, 4.69) is 4.98 Å². The number of hydrogen-bond acceptors (Lipinski definition) is 2. The molecule has 0 radical (unpaired) electrons. The third-order valence-electron chi connectivity index (χ3n) is 4.62. The lowest BCUT2D eigenvalue weighted by molar-refractivity contribution is -0.137. The number of imidazole rings is 1. The van der Waals surface area contributed by atoms with Gasteiger partial charge in [0.15, 0.2) is 0 Å². The van der Waals surface area contributed by atoms with E-state index >= 15 is 0 Å². The van der Waals surface area contributed by atoms with Crippen LogP contribution < -0.4 is 10.4 Å². The molecule has 4 nitrogen and oxygen atoms in total. The summed E-state index contributed by atoms with van der Waals surface area (Å²) in [6.45, 7) is 0.656. The van der Waals surface area contributed by atoms with Gasteiger partial charge in [-0.25, -0.2) is 4.79 Å². The maximum Gasteiger partial charge on any atom is 0.416 e. The summed E-state index contributed by atoms with van der Waals surface area (Å²) in [5, 5.41) is 0. The van der Waals surface area contributed by atoms with Gasteiger partial charge in [0.2, 0.25) is 0 Å². The lowest BCUT2D eigenvalue weighted by Crippen LogP contribution is -2.20. The maximum atomic E-state index is 13.0. The normalized spacial score (nSPS) is 11.7. The highest BCUT2D eigenvalue weighted by Gasteiger charge is 2.30. The molecular weight excluding hydrogens is 381 g/mol. The van der Waals surface area contributed by atoms with Crippen LogP contribution in [0.25, 0.3) is 22.2 Å². The van der Waals surface area contributed by atoms with Crippen molar-refractivity contribution in [2.45, 2.75) is 12.7 Å². The Morgan fingerprint density at radius 3 is 2.41 bits per heavy atom. The molecule has 148 valence electrons. The summed E-state index contributed by atoms with van der Waals surface area (Å²) >= 11 is 0. The number of rotatable bonds is 5. The number of ether oxygens (including phenoxy) is 1. The Hall–Kier alpha value is -3.48. The minimum atomic E-state index is -4.41. The molecule has 4 aromatic rings. The van der Waals surface area contributed by atoms with E-state index in [0.29, 0.717) is 41.1 Å². The largest absolute Gasteiger partial charge is 0.492 e. The van der Waals surface area contributed by atoms with Gasteiger partial charge in [-0.1, -0.05) is 36.4 Å². The average Bonchev–Trinajstić information content (AvgIpc) is 3.03. The van der Waals surface area contributed by atoms with Crippen LogP contribution in [0, 0.1) is 0 Å². The number of fused-ring (bicyclic) bond motifs is 1. The number of hydrogen-bond donors (Lipinski definition) is 1. The number of nitrogens with zero attached hydrogens (tertiary/aromatic N) is 1. The van der Waals surface area contributed by atoms with Crippen molar-refractivity contribution in [3.63, 3.8) is 0 Å². The fraction of sp³-hybridized carbons (Fsp3) is 0.136. The zero-order valence-corrected chi connectivity index (χ0v) is 15.2. The minimum absolute atomic E-state index is 0.294. The van der Waals surface area contributed by atoms with Crippen molar-refractivity contribution in [2.24, 2.45) is 0 Å². The molecule has 0 bridgehead atoms. The number of nitrogens with one attached hydrogen (secondary N) is 1. The summed E-state index contributed by atoms with van der Waals surface area (Å²) in [6, 6.07) is 19.5. The van der Waals surface area contributed by atoms with Gasteiger partial charge in [-0.15, -0.1) is 0 Å². The van der Waals surface area contributed by atoms with Crippen LogP contribution in [0.15, 0.2) is 77.6 Å². The standard InChI is InChI=1S/C22H17F3N2O2/c23-22(24,25)17-6-4-5-15(13-17)16-9-10-20-19(14-16)26-21(28)27(20)11-12-29-18-7-2-1-3-8-18/h1-10,13-14H,11-12H2,(H,26,28). The zero-order valence-electron chi connectivity index (χ0n) is 15.2. The lowest BCUT2D eigenvalue weighted by Gasteiger charge is -2.09. The summed E-state index contributed by atoms with van der Waals surface area (Å²) < 4.78 is 46.1. The van der Waals surface area contributed by atoms with Crippen molar-refractivity contribution in [1.29, 1.82) is 0 Å². The summed E-state index contributed by atoms with van der Waals surface area (Å²) in [6.07, 6.45) is -4.41. The summed E-state index contributed by atoms with van der Waals surface area (Å²) in [5.41, 5.74) is 1.25. The van der Waals surface area contributed by atoms with E-state index in [1.807, 2.05) is 30.3 Å². The highest BCUT2D eigenvalue weighted by atomic mass is 19.4. The molecule has 0 atom stereocenters. The lowest BCUT2D eigenvalue weighted by atomic mass is 10.0. The van der Waals surface area contributed by atoms with Gasteiger partial charge >= 0.3 is 11.9 Å². The van der Waals surface area contributed by atoms with E-state index in [4.69, 9.17) is 4.74 Å². The maximum absolute atomic E-state index is 13.0. The third-order valence-corrected chi connectivity index (χ3v) is 4.62. The average molecular weight is 398 g/mol. The van der Waals surface area contributed by atoms with Crippen LogP contribution in [-0.2, 0) is 12.7 Å². The molecule has 0 saturated heterocycles. The van der Waals surface area contributed by atoms with Crippen molar-refractivity contribution in [3.05, 3.63) is 88.8 Å². The topological polar surface area (TPSA) is 47.0 Å². The van der Waals surface area contributed by atoms with Crippen molar-refractivity contribution in [2.75, 3.05) is 6.61 Å². The smallest absolute Gasteiger partial charge is 0.416 e. The first-order valence-corrected chi connectivity index (χ1v) is 9.00. The fourth-order valence-electron chi connectivity index (χ4n) is 3.21. The molecule has 0 aliphatic rings. The second kappa shape index (κ2) is 7.50. The molecule has 1 aromatic heterocycles. The molecule has 0 fully saturated rings. The first-order chi connectivity index (χ1) is 13.9. The van der Waals surface area contributed by atoms with E-state index < -0.39 is 11.7 Å². The second-order valence-electron chi connectivity index (χ2n) is 6.55. The number of halogens is 3. The molecule has 4 rings (SSSR count). The van der Waals surface area contributed by atoms with Crippen LogP contribution in [0.3, 0.4) is 0 Å². The summed E-state index contributed by atoms with van der Waals surface area (Å²) in [4.78, 5) is 15.1. The van der Waals surface area contributed by atoms with Crippen molar-refractivity contribution >= 4 is 11.0 Å². The van der Waals surface area contributed by atoms with Gasteiger partial charge in [0, 0.05) is 0 Å². The van der Waals surface area contributed by atoms with Crippen molar-refractivity contribution in [1.82, 2.24) is 9.55 Å². The van der Waals surface area contributed by atoms with Gasteiger partial charge in [0.05, 0.1) is 23.1 Å². The van der Waals surface area contributed by atoms with E-state index in [-0.39, 0.29) is 5.69 Å². The highest BCUT2D eigenvalue weighted by molar-refractivity contribution is 5.82. The Balaban J connectivity index is 1.59. The molecule has 0 aliphatic heterocycles. The van der Waals surface area contributed by atoms with Crippen LogP contribution in [-0.4, -0.2) is 16.2 Å². The zero-order chi connectivity index (χ0) is 20.4. The molecular formula is C22H17F3N2O2. The number of aromatic amines is 1. The molecule has 3 aromatic carbocycles. The van der Waals surface area contributed by atoms with E-state index in [0.717, 1.165) is 12.1 Å². The van der Waals surface area contributed by atoms with Gasteiger partial charge in [0.25, 0.3) is 0 Å². The number of para-hydroxylation sites is 1. The Morgan fingerprint density at radius 2 is 1.66 bits per heavy atom. The van der Waals surface area contributed by atoms with Crippen LogP contribution in [0.2, 0.25) is 0 Å². The van der Waals surface area contributed by atoms with Gasteiger partial charge in [-0.2, -0.15) is 13.2 Å². The van der Waals surface area contributed by atoms with Crippen molar-refractivity contribution in [3.8, 4) is 16.9 Å². The van der Waals surface area contributed by atoms with Gasteiger partial charge in [-0.3, -0.25) is 4.57 Å².